The minimum atomic E-state index is 0.0528. The topological polar surface area (TPSA) is 29.1 Å². The summed E-state index contributed by atoms with van der Waals surface area (Å²) in [6, 6.07) is 11.3. The van der Waals surface area contributed by atoms with Gasteiger partial charge in [-0.2, -0.15) is 0 Å². The van der Waals surface area contributed by atoms with Crippen molar-refractivity contribution in [1.29, 1.82) is 0 Å². The Bertz CT molecular complexity index is 791. The maximum absolute atomic E-state index is 11.7. The van der Waals surface area contributed by atoms with Gasteiger partial charge in [0.25, 0.3) is 0 Å². The molecule has 126 valence electrons. The molecule has 1 aliphatic rings. The lowest BCUT2D eigenvalue weighted by atomic mass is 9.72. The van der Waals surface area contributed by atoms with E-state index < -0.39 is 0 Å². The molecule has 0 bridgehead atoms. The van der Waals surface area contributed by atoms with Gasteiger partial charge in [-0.25, -0.2) is 0 Å². The van der Waals surface area contributed by atoms with E-state index in [1.54, 1.807) is 6.92 Å². The van der Waals surface area contributed by atoms with Gasteiger partial charge in [-0.1, -0.05) is 35.9 Å². The highest BCUT2D eigenvalue weighted by molar-refractivity contribution is 5.74. The monoisotopic (exact) mass is 321 g/mol. The second kappa shape index (κ2) is 6.43. The fourth-order valence-corrected chi connectivity index (χ4v) is 4.24. The molecule has 0 aliphatic heterocycles. The van der Waals surface area contributed by atoms with Crippen LogP contribution in [0.3, 0.4) is 0 Å². The van der Waals surface area contributed by atoms with Crippen molar-refractivity contribution in [1.82, 2.24) is 5.32 Å². The van der Waals surface area contributed by atoms with Crippen molar-refractivity contribution in [2.75, 3.05) is 0 Å². The van der Waals surface area contributed by atoms with E-state index in [0.29, 0.717) is 5.92 Å². The van der Waals surface area contributed by atoms with Gasteiger partial charge >= 0.3 is 0 Å². The Morgan fingerprint density at radius 2 is 1.54 bits per heavy atom. The Balaban J connectivity index is 2.17. The first kappa shape index (κ1) is 16.8. The molecule has 1 N–H and O–H groups in total. The molecule has 2 aromatic rings. The second-order valence-corrected chi connectivity index (χ2v) is 7.27. The van der Waals surface area contributed by atoms with Gasteiger partial charge in [-0.15, -0.1) is 0 Å². The van der Waals surface area contributed by atoms with E-state index in [-0.39, 0.29) is 11.9 Å². The first-order chi connectivity index (χ1) is 11.4. The van der Waals surface area contributed by atoms with Crippen molar-refractivity contribution in [2.45, 2.75) is 59.4 Å². The molecule has 24 heavy (non-hydrogen) atoms. The van der Waals surface area contributed by atoms with Gasteiger partial charge in [0.05, 0.1) is 6.04 Å². The minimum Gasteiger partial charge on any atom is -0.350 e. The van der Waals surface area contributed by atoms with Gasteiger partial charge in [0.1, 0.15) is 0 Å². The molecule has 1 aliphatic carbocycles. The van der Waals surface area contributed by atoms with Crippen LogP contribution in [0.15, 0.2) is 30.3 Å². The van der Waals surface area contributed by atoms with Crippen molar-refractivity contribution in [3.8, 4) is 0 Å². The van der Waals surface area contributed by atoms with E-state index in [0.717, 1.165) is 12.8 Å². The molecule has 1 amide bonds. The molecule has 3 rings (SSSR count). The number of benzene rings is 2. The molecule has 0 saturated carbocycles. The van der Waals surface area contributed by atoms with E-state index in [1.807, 2.05) is 0 Å². The zero-order valence-corrected chi connectivity index (χ0v) is 15.4. The summed E-state index contributed by atoms with van der Waals surface area (Å²) in [6.07, 6.45) is 2.07. The Kier molecular flexibility index (Phi) is 4.49. The Hall–Kier alpha value is -2.09. The lowest BCUT2D eigenvalue weighted by molar-refractivity contribution is -0.119. The Morgan fingerprint density at radius 1 is 0.917 bits per heavy atom. The van der Waals surface area contributed by atoms with E-state index in [2.05, 4.69) is 63.3 Å². The van der Waals surface area contributed by atoms with Crippen LogP contribution >= 0.6 is 0 Å². The summed E-state index contributed by atoms with van der Waals surface area (Å²) in [7, 11) is 0. The van der Waals surface area contributed by atoms with Gasteiger partial charge in [-0.05, 0) is 73.9 Å². The van der Waals surface area contributed by atoms with Gasteiger partial charge in [0, 0.05) is 12.8 Å². The molecule has 2 atom stereocenters. The fourth-order valence-electron chi connectivity index (χ4n) is 4.24. The summed E-state index contributed by atoms with van der Waals surface area (Å²) in [5.41, 5.74) is 9.48. The molecule has 0 spiro atoms. The Labute approximate surface area is 145 Å². The van der Waals surface area contributed by atoms with Crippen LogP contribution in [0.5, 0.6) is 0 Å². The zero-order valence-electron chi connectivity index (χ0n) is 15.4. The molecule has 0 unspecified atom stereocenters. The number of amides is 1. The molecule has 2 heteroatoms. The van der Waals surface area contributed by atoms with Crippen LogP contribution in [0.2, 0.25) is 0 Å². The molecule has 2 nitrogen and oxygen atoms in total. The highest BCUT2D eigenvalue weighted by Crippen LogP contribution is 2.45. The first-order valence-corrected chi connectivity index (χ1v) is 8.82. The van der Waals surface area contributed by atoms with E-state index in [4.69, 9.17) is 0 Å². The average Bonchev–Trinajstić information content (AvgIpc) is 2.53. The number of carbonyl (C=O) groups excluding carboxylic acids is 1. The van der Waals surface area contributed by atoms with Crippen molar-refractivity contribution in [3.63, 3.8) is 0 Å². The van der Waals surface area contributed by atoms with Crippen LogP contribution in [-0.2, 0) is 4.79 Å². The SMILES string of the molecule is CC(=O)N[C@@H]1CC[C@H](c2cc(C)ccc2C)c2c(C)ccc(C)c21. The quantitative estimate of drug-likeness (QED) is 0.826. The second-order valence-electron chi connectivity index (χ2n) is 7.27. The average molecular weight is 321 g/mol. The molecule has 2 aromatic carbocycles. The lowest BCUT2D eigenvalue weighted by Gasteiger charge is -2.35. The lowest BCUT2D eigenvalue weighted by Crippen LogP contribution is -2.31. The third-order valence-corrected chi connectivity index (χ3v) is 5.35. The van der Waals surface area contributed by atoms with Crippen LogP contribution in [-0.4, -0.2) is 5.91 Å². The number of rotatable bonds is 2. The maximum atomic E-state index is 11.7. The van der Waals surface area contributed by atoms with Crippen LogP contribution in [0.1, 0.15) is 70.7 Å². The summed E-state index contributed by atoms with van der Waals surface area (Å²) in [4.78, 5) is 11.7. The van der Waals surface area contributed by atoms with Crippen molar-refractivity contribution in [3.05, 3.63) is 69.3 Å². The highest BCUT2D eigenvalue weighted by Gasteiger charge is 2.31. The number of carbonyl (C=O) groups is 1. The third kappa shape index (κ3) is 2.98. The molecular formula is C22H27NO. The number of hydrogen-bond acceptors (Lipinski definition) is 1. The smallest absolute Gasteiger partial charge is 0.217 e. The van der Waals surface area contributed by atoms with Gasteiger partial charge in [0.15, 0.2) is 0 Å². The molecule has 0 radical (unpaired) electrons. The van der Waals surface area contributed by atoms with Crippen molar-refractivity contribution >= 4 is 5.91 Å². The van der Waals surface area contributed by atoms with Gasteiger partial charge in [-0.3, -0.25) is 4.79 Å². The minimum absolute atomic E-state index is 0.0528. The largest absolute Gasteiger partial charge is 0.350 e. The number of aryl methyl sites for hydroxylation is 4. The standard InChI is InChI=1S/C22H27NO/c1-13-6-7-14(2)19(12-13)18-10-11-20(23-17(5)24)22-16(4)9-8-15(3)21(18)22/h6-9,12,18,20H,10-11H2,1-5H3,(H,23,24)/t18-,20-/m1/s1. The van der Waals surface area contributed by atoms with Gasteiger partial charge < -0.3 is 5.32 Å². The zero-order chi connectivity index (χ0) is 17.4. The summed E-state index contributed by atoms with van der Waals surface area (Å²) < 4.78 is 0. The number of hydrogen-bond donors (Lipinski definition) is 1. The van der Waals surface area contributed by atoms with E-state index in [1.165, 1.54) is 38.9 Å². The summed E-state index contributed by atoms with van der Waals surface area (Å²) in [6.45, 7) is 10.3. The number of fused-ring (bicyclic) bond motifs is 1. The Morgan fingerprint density at radius 3 is 2.21 bits per heavy atom. The summed E-state index contributed by atoms with van der Waals surface area (Å²) in [5, 5.41) is 3.17. The van der Waals surface area contributed by atoms with Crippen LogP contribution in [0.25, 0.3) is 0 Å². The third-order valence-electron chi connectivity index (χ3n) is 5.35. The summed E-state index contributed by atoms with van der Waals surface area (Å²) >= 11 is 0. The predicted octanol–water partition coefficient (Wildman–Crippen LogP) is 5.02. The fraction of sp³-hybridized carbons (Fsp3) is 0.409. The molecule has 0 fully saturated rings. The van der Waals surface area contributed by atoms with Crippen molar-refractivity contribution < 1.29 is 4.79 Å². The van der Waals surface area contributed by atoms with Crippen molar-refractivity contribution in [2.24, 2.45) is 0 Å². The highest BCUT2D eigenvalue weighted by atomic mass is 16.1. The van der Waals surface area contributed by atoms with Crippen LogP contribution in [0.4, 0.5) is 0 Å². The van der Waals surface area contributed by atoms with E-state index in [9.17, 15) is 4.79 Å². The molecular weight excluding hydrogens is 294 g/mol. The van der Waals surface area contributed by atoms with E-state index >= 15 is 0 Å². The first-order valence-electron chi connectivity index (χ1n) is 8.82. The number of nitrogens with one attached hydrogen (secondary N) is 1. The maximum Gasteiger partial charge on any atom is 0.217 e. The molecule has 0 heterocycles. The normalized spacial score (nSPS) is 19.7. The molecule has 0 saturated heterocycles. The van der Waals surface area contributed by atoms with Crippen LogP contribution in [0, 0.1) is 27.7 Å². The molecule has 0 aromatic heterocycles. The van der Waals surface area contributed by atoms with Gasteiger partial charge in [0.2, 0.25) is 5.91 Å². The summed E-state index contributed by atoms with van der Waals surface area (Å²) in [5.74, 6) is 0.474. The van der Waals surface area contributed by atoms with Crippen LogP contribution < -0.4 is 5.32 Å². The predicted molar refractivity (Wildman–Crippen MR) is 99.5 cm³/mol.